The summed E-state index contributed by atoms with van der Waals surface area (Å²) in [7, 11) is 2.97. The smallest absolute Gasteiger partial charge is 0.359 e. The van der Waals surface area contributed by atoms with E-state index in [1.54, 1.807) is 42.1 Å². The molecule has 0 radical (unpaired) electrons. The molecule has 0 unspecified atom stereocenters. The molecular formula is C17H16N4O3. The number of carbonyl (C=O) groups excluding carboxylic acids is 2. The minimum absolute atomic E-state index is 0.0347. The van der Waals surface area contributed by atoms with E-state index in [4.69, 9.17) is 10.5 Å². The first-order valence-corrected chi connectivity index (χ1v) is 7.23. The Morgan fingerprint density at radius 1 is 1.12 bits per heavy atom. The van der Waals surface area contributed by atoms with Crippen LogP contribution < -0.4 is 5.73 Å². The van der Waals surface area contributed by atoms with Gasteiger partial charge in [-0.25, -0.2) is 9.48 Å². The van der Waals surface area contributed by atoms with E-state index in [1.807, 2.05) is 18.2 Å². The second-order valence-corrected chi connectivity index (χ2v) is 5.18. The number of methoxy groups -OCH3 is 1. The first kappa shape index (κ1) is 15.5. The number of aryl methyl sites for hydroxylation is 1. The van der Waals surface area contributed by atoms with Crippen molar-refractivity contribution >= 4 is 17.6 Å². The van der Waals surface area contributed by atoms with E-state index in [1.165, 1.54) is 11.8 Å². The molecular weight excluding hydrogens is 308 g/mol. The summed E-state index contributed by atoms with van der Waals surface area (Å²) in [6, 6.07) is 12.4. The molecule has 0 saturated carbocycles. The second-order valence-electron chi connectivity index (χ2n) is 5.18. The standard InChI is InChI=1S/C17H16N4O3/c1-20-10-6-9-12(20)15(22)13-14(17(23)24-2)19-21(16(13)18)11-7-4-3-5-8-11/h3-10H,18H2,1-2H3. The van der Waals surface area contributed by atoms with Crippen molar-refractivity contribution in [3.63, 3.8) is 0 Å². The number of aromatic nitrogens is 3. The van der Waals surface area contributed by atoms with Gasteiger partial charge in [-0.2, -0.15) is 5.10 Å². The summed E-state index contributed by atoms with van der Waals surface area (Å²) in [6.07, 6.45) is 1.74. The topological polar surface area (TPSA) is 92.1 Å². The van der Waals surface area contributed by atoms with Crippen molar-refractivity contribution in [3.8, 4) is 5.69 Å². The Bertz CT molecular complexity index is 909. The van der Waals surface area contributed by atoms with Crippen molar-refractivity contribution in [2.75, 3.05) is 12.8 Å². The number of ether oxygens (including phenoxy) is 1. The molecule has 24 heavy (non-hydrogen) atoms. The lowest BCUT2D eigenvalue weighted by Crippen LogP contribution is -2.14. The van der Waals surface area contributed by atoms with Crippen LogP contribution in [0.15, 0.2) is 48.7 Å². The molecule has 7 nitrogen and oxygen atoms in total. The summed E-state index contributed by atoms with van der Waals surface area (Å²) in [5.41, 5.74) is 7.12. The van der Waals surface area contributed by atoms with Crippen LogP contribution >= 0.6 is 0 Å². The van der Waals surface area contributed by atoms with Crippen molar-refractivity contribution in [1.82, 2.24) is 14.3 Å². The summed E-state index contributed by atoms with van der Waals surface area (Å²) < 4.78 is 7.77. The number of anilines is 1. The predicted octanol–water partition coefficient (Wildman–Crippen LogP) is 1.81. The molecule has 122 valence electrons. The molecule has 3 aromatic rings. The SMILES string of the molecule is COC(=O)c1nn(-c2ccccc2)c(N)c1C(=O)c1cccn1C. The van der Waals surface area contributed by atoms with Gasteiger partial charge < -0.3 is 15.0 Å². The molecule has 0 atom stereocenters. The zero-order chi connectivity index (χ0) is 17.3. The molecule has 2 heterocycles. The van der Waals surface area contributed by atoms with Crippen LogP contribution in [0.5, 0.6) is 0 Å². The van der Waals surface area contributed by atoms with Crippen LogP contribution in [0, 0.1) is 0 Å². The van der Waals surface area contributed by atoms with Gasteiger partial charge in [0.2, 0.25) is 5.78 Å². The van der Waals surface area contributed by atoms with Crippen molar-refractivity contribution in [2.45, 2.75) is 0 Å². The van der Waals surface area contributed by atoms with Gasteiger partial charge in [0, 0.05) is 13.2 Å². The van der Waals surface area contributed by atoms with Crippen LogP contribution in [0.2, 0.25) is 0 Å². The third kappa shape index (κ3) is 2.45. The normalized spacial score (nSPS) is 10.6. The Morgan fingerprint density at radius 2 is 1.83 bits per heavy atom. The molecule has 0 bridgehead atoms. The molecule has 3 rings (SSSR count). The first-order chi connectivity index (χ1) is 11.5. The van der Waals surface area contributed by atoms with E-state index >= 15 is 0 Å². The Balaban J connectivity index is 2.21. The fourth-order valence-corrected chi connectivity index (χ4v) is 2.49. The lowest BCUT2D eigenvalue weighted by Gasteiger charge is -2.05. The molecule has 0 aliphatic carbocycles. The van der Waals surface area contributed by atoms with Crippen LogP contribution in [0.1, 0.15) is 26.5 Å². The largest absolute Gasteiger partial charge is 0.464 e. The number of ketones is 1. The van der Waals surface area contributed by atoms with E-state index in [2.05, 4.69) is 5.10 Å². The number of hydrogen-bond donors (Lipinski definition) is 1. The Labute approximate surface area is 138 Å². The molecule has 1 aromatic carbocycles. The minimum atomic E-state index is -0.714. The van der Waals surface area contributed by atoms with Gasteiger partial charge in [0.15, 0.2) is 5.69 Å². The van der Waals surface area contributed by atoms with Crippen LogP contribution in [0.25, 0.3) is 5.69 Å². The van der Waals surface area contributed by atoms with Gasteiger partial charge in [-0.05, 0) is 24.3 Å². The van der Waals surface area contributed by atoms with E-state index in [-0.39, 0.29) is 22.9 Å². The van der Waals surface area contributed by atoms with Crippen molar-refractivity contribution in [1.29, 1.82) is 0 Å². The van der Waals surface area contributed by atoms with Crippen molar-refractivity contribution in [2.24, 2.45) is 7.05 Å². The molecule has 7 heteroatoms. The zero-order valence-electron chi connectivity index (χ0n) is 13.3. The maximum atomic E-state index is 12.9. The number of benzene rings is 1. The Morgan fingerprint density at radius 3 is 2.42 bits per heavy atom. The average Bonchev–Trinajstić information content (AvgIpc) is 3.18. The van der Waals surface area contributed by atoms with Crippen LogP contribution in [0.3, 0.4) is 0 Å². The first-order valence-electron chi connectivity index (χ1n) is 7.23. The van der Waals surface area contributed by atoms with Crippen LogP contribution in [0.4, 0.5) is 5.82 Å². The highest BCUT2D eigenvalue weighted by Crippen LogP contribution is 2.24. The fraction of sp³-hybridized carbons (Fsp3) is 0.118. The van der Waals surface area contributed by atoms with Gasteiger partial charge in [0.05, 0.1) is 18.5 Å². The van der Waals surface area contributed by atoms with Gasteiger partial charge in [-0.15, -0.1) is 0 Å². The molecule has 0 spiro atoms. The van der Waals surface area contributed by atoms with Crippen LogP contribution in [-0.2, 0) is 11.8 Å². The fourth-order valence-electron chi connectivity index (χ4n) is 2.49. The third-order valence-electron chi connectivity index (χ3n) is 3.70. The number of nitrogen functional groups attached to an aromatic ring is 1. The summed E-state index contributed by atoms with van der Waals surface area (Å²) >= 11 is 0. The number of carbonyl (C=O) groups is 2. The summed E-state index contributed by atoms with van der Waals surface area (Å²) in [4.78, 5) is 25.0. The quantitative estimate of drug-likeness (QED) is 0.584. The van der Waals surface area contributed by atoms with Gasteiger partial charge in [0.1, 0.15) is 11.4 Å². The lowest BCUT2D eigenvalue weighted by atomic mass is 10.1. The Kier molecular flexibility index (Phi) is 3.91. The predicted molar refractivity (Wildman–Crippen MR) is 88.2 cm³/mol. The highest BCUT2D eigenvalue weighted by Gasteiger charge is 2.29. The maximum Gasteiger partial charge on any atom is 0.359 e. The Hall–Kier alpha value is -3.35. The highest BCUT2D eigenvalue weighted by molar-refractivity contribution is 6.16. The molecule has 0 amide bonds. The second kappa shape index (κ2) is 6.04. The van der Waals surface area contributed by atoms with Gasteiger partial charge in [-0.3, -0.25) is 4.79 Å². The van der Waals surface area contributed by atoms with Crippen LogP contribution in [-0.4, -0.2) is 33.2 Å². The van der Waals surface area contributed by atoms with E-state index in [0.29, 0.717) is 11.4 Å². The van der Waals surface area contributed by atoms with Crippen molar-refractivity contribution < 1.29 is 14.3 Å². The minimum Gasteiger partial charge on any atom is -0.464 e. The molecule has 0 fully saturated rings. The number of esters is 1. The van der Waals surface area contributed by atoms with Gasteiger partial charge in [0.25, 0.3) is 0 Å². The molecule has 0 aliphatic heterocycles. The molecule has 0 saturated heterocycles. The lowest BCUT2D eigenvalue weighted by molar-refractivity contribution is 0.0590. The molecule has 0 aliphatic rings. The highest BCUT2D eigenvalue weighted by atomic mass is 16.5. The van der Waals surface area contributed by atoms with E-state index in [0.717, 1.165) is 0 Å². The van der Waals surface area contributed by atoms with E-state index < -0.39 is 5.97 Å². The average molecular weight is 324 g/mol. The van der Waals surface area contributed by atoms with E-state index in [9.17, 15) is 9.59 Å². The third-order valence-corrected chi connectivity index (χ3v) is 3.70. The maximum absolute atomic E-state index is 12.9. The number of hydrogen-bond acceptors (Lipinski definition) is 5. The van der Waals surface area contributed by atoms with Gasteiger partial charge >= 0.3 is 5.97 Å². The molecule has 2 N–H and O–H groups in total. The summed E-state index contributed by atoms with van der Waals surface area (Å²) in [5, 5.41) is 4.20. The summed E-state index contributed by atoms with van der Waals surface area (Å²) in [5.74, 6) is -1.01. The number of nitrogens with two attached hydrogens (primary N) is 1. The zero-order valence-corrected chi connectivity index (χ0v) is 13.3. The molecule has 2 aromatic heterocycles. The number of nitrogens with zero attached hydrogens (tertiary/aromatic N) is 3. The van der Waals surface area contributed by atoms with Gasteiger partial charge in [-0.1, -0.05) is 18.2 Å². The summed E-state index contributed by atoms with van der Waals surface area (Å²) in [6.45, 7) is 0. The van der Waals surface area contributed by atoms with Crippen molar-refractivity contribution in [3.05, 3.63) is 65.6 Å². The number of rotatable bonds is 4. The number of para-hydroxylation sites is 1. The monoisotopic (exact) mass is 324 g/mol.